The smallest absolute Gasteiger partial charge is 0.257 e. The maximum Gasteiger partial charge on any atom is 0.257 e. The molecule has 8 aliphatic rings. The van der Waals surface area contributed by atoms with E-state index in [-0.39, 0.29) is 114 Å². The van der Waals surface area contributed by atoms with Crippen molar-refractivity contribution in [3.8, 4) is 58.5 Å². The van der Waals surface area contributed by atoms with Gasteiger partial charge in [-0.15, -0.1) is 90.7 Å². The quantitative estimate of drug-likeness (QED) is 0.0410. The van der Waals surface area contributed by atoms with Crippen molar-refractivity contribution in [3.63, 3.8) is 0 Å². The molecule has 4 aliphatic heterocycles. The number of hydrogen-bond acceptors (Lipinski definition) is 24. The zero-order chi connectivity index (χ0) is 85.0. The number of hydrogen-bond donors (Lipinski definition) is 0. The average Bonchev–Trinajstić information content (AvgIpc) is 1.45. The van der Waals surface area contributed by atoms with Crippen LogP contribution < -0.4 is 0 Å². The first kappa shape index (κ1) is 79.9. The van der Waals surface area contributed by atoms with E-state index < -0.39 is 239 Å². The summed E-state index contributed by atoms with van der Waals surface area (Å²) in [6, 6.07) is 9.75. The maximum atomic E-state index is 15.0. The molecule has 0 N–H and O–H groups in total. The Bertz CT molecular complexity index is 6290. The van der Waals surface area contributed by atoms with Gasteiger partial charge in [-0.25, -0.2) is 87.8 Å². The number of Topliss-reactive ketones (excluding diaryl/α,β-unsaturated/α-hetero) is 4. The molecular formula is C76H24F20O16S8. The van der Waals surface area contributed by atoms with Crippen LogP contribution in [-0.4, -0.2) is 99.1 Å². The van der Waals surface area contributed by atoms with Gasteiger partial charge in [0.1, 0.15) is 22.3 Å². The van der Waals surface area contributed by atoms with Crippen molar-refractivity contribution in [2.24, 2.45) is 0 Å². The van der Waals surface area contributed by atoms with E-state index in [1.807, 2.05) is 0 Å². The number of carbonyl (C=O) groups excluding carboxylic acids is 8. The summed E-state index contributed by atoms with van der Waals surface area (Å²) < 4.78 is 336. The molecule has 4 aliphatic carbocycles. The van der Waals surface area contributed by atoms with Crippen LogP contribution in [0.2, 0.25) is 0 Å². The van der Waals surface area contributed by atoms with Crippen molar-refractivity contribution in [1.82, 2.24) is 0 Å². The Kier molecular flexibility index (Phi) is 18.5. The number of benzene rings is 4. The molecule has 4 fully saturated rings. The monoisotopic (exact) mass is 1830 g/mol. The second-order valence-electron chi connectivity index (χ2n) is 26.5. The van der Waals surface area contributed by atoms with Gasteiger partial charge in [0.15, 0.2) is 93.1 Å². The lowest BCUT2D eigenvalue weighted by atomic mass is 9.82. The van der Waals surface area contributed by atoms with Crippen molar-refractivity contribution < 1.29 is 164 Å². The lowest BCUT2D eigenvalue weighted by molar-refractivity contribution is -0.483. The topological polar surface area (TPSA) is 210 Å². The van der Waals surface area contributed by atoms with Crippen LogP contribution >= 0.6 is 90.7 Å². The SMILES string of the molecule is O=C(c1cc2c(s1)-c1sc(-c3cc4c(s3)-c3sc(C(=O)c5c(F)c(F)c(F)c(F)c5F)cc3C35OCCOC43OCCO5)cc1C13OCCOC21OCCO3)c1c(F)c(F)c(F)c(F)c1F.O=C1C(=O)c2cc(-c3cc4c(s3)-c3sc(C(=O)c5c(F)c(F)c(F)c(F)c5F)cc3C(=O)C4=O)sc2-c2sc(C(=O)c3c(F)c(F)c(F)c(F)c3F)cc21. The molecule has 12 heterocycles. The summed E-state index contributed by atoms with van der Waals surface area (Å²) in [4.78, 5) is 106. The van der Waals surface area contributed by atoms with E-state index in [9.17, 15) is 109 Å². The van der Waals surface area contributed by atoms with E-state index in [2.05, 4.69) is 0 Å². The summed E-state index contributed by atoms with van der Waals surface area (Å²) in [6.07, 6.45) is 0. The summed E-state index contributed by atoms with van der Waals surface area (Å²) in [6.45, 7) is -0.323. The van der Waals surface area contributed by atoms with Gasteiger partial charge in [0, 0.05) is 64.0 Å². The minimum atomic E-state index is -2.50. The molecule has 12 aromatic rings. The second kappa shape index (κ2) is 27.8. The average molecular weight is 1830 g/mol. The van der Waals surface area contributed by atoms with Crippen LogP contribution in [0.4, 0.5) is 87.8 Å². The minimum Gasteiger partial charge on any atom is -0.339 e. The van der Waals surface area contributed by atoms with Gasteiger partial charge in [0.25, 0.3) is 23.1 Å². The highest BCUT2D eigenvalue weighted by atomic mass is 32.1. The van der Waals surface area contributed by atoms with Crippen LogP contribution in [0.3, 0.4) is 0 Å². The van der Waals surface area contributed by atoms with Crippen molar-refractivity contribution >= 4 is 137 Å². The lowest BCUT2D eigenvalue weighted by Crippen LogP contribution is -2.63. The van der Waals surface area contributed by atoms with Crippen molar-refractivity contribution in [2.75, 3.05) is 52.9 Å². The largest absolute Gasteiger partial charge is 0.339 e. The normalized spacial score (nSPS) is 20.3. The fourth-order valence-electron chi connectivity index (χ4n) is 15.0. The first-order valence-corrected chi connectivity index (χ1v) is 40.3. The van der Waals surface area contributed by atoms with E-state index in [1.165, 1.54) is 24.3 Å². The summed E-state index contributed by atoms with van der Waals surface area (Å²) in [5.41, 5.74) is -7.28. The number of ether oxygens (including phenoxy) is 8. The Labute approximate surface area is 682 Å². The standard InChI is InChI=1S/C42H20F10O10S4.C34H4F10O6S4/c43-23-21(24(44)28(48)31(51)27(23)47)33(53)19-11-15-37(65-19)35-13(39-41(15,59-5-1-55-39)60-6-2-56-39)9-17(63-35)18-10-14-36(64-18)38-16(42-40(14,57-3-7-61-42)58-4-8-62-42)12-20(66-38)34(54)22-25(45)29(49)32(52)30(50)26(22)46;35-15-13(16(36)20(40)23(43)19(15)39)29(49)11-3-7-27(47)25(45)5-1-9(51-31(5)33(7)53-11)10-2-6-26(46)28(48)8-4-12(54-34(8)32(6)52-10)30(50)14-17(37)21(41)24(44)22(42)18(14)38/h9-12H,1-8H2;1-4H. The zero-order valence-electron chi connectivity index (χ0n) is 57.6. The number of rotatable bonds is 10. The molecule has 4 aromatic carbocycles. The molecule has 8 aromatic heterocycles. The third kappa shape index (κ3) is 10.7. The zero-order valence-corrected chi connectivity index (χ0v) is 64.2. The van der Waals surface area contributed by atoms with Gasteiger partial charge in [-0.2, -0.15) is 0 Å². The predicted molar refractivity (Wildman–Crippen MR) is 379 cm³/mol. The molecule has 4 saturated heterocycles. The highest BCUT2D eigenvalue weighted by molar-refractivity contribution is 7.31. The Hall–Kier alpha value is -9.88. The van der Waals surface area contributed by atoms with Crippen LogP contribution in [0.25, 0.3) is 58.5 Å². The highest BCUT2D eigenvalue weighted by Gasteiger charge is 2.70. The number of halogens is 20. The van der Waals surface area contributed by atoms with Crippen LogP contribution in [0.5, 0.6) is 0 Å². The van der Waals surface area contributed by atoms with E-state index in [0.29, 0.717) is 76.0 Å². The minimum absolute atomic E-state index is 0.0225. The molecule has 0 saturated carbocycles. The summed E-state index contributed by atoms with van der Waals surface area (Å²) in [7, 11) is 0. The Morgan fingerprint density at radius 2 is 0.383 bits per heavy atom. The van der Waals surface area contributed by atoms with Crippen LogP contribution in [-0.2, 0) is 61.0 Å². The summed E-state index contributed by atoms with van der Waals surface area (Å²) >= 11 is 6.09. The van der Waals surface area contributed by atoms with Crippen molar-refractivity contribution in [2.45, 2.75) is 23.1 Å². The molecule has 120 heavy (non-hydrogen) atoms. The van der Waals surface area contributed by atoms with Crippen LogP contribution in [0, 0.1) is 116 Å². The van der Waals surface area contributed by atoms with E-state index in [0.717, 1.165) is 57.5 Å². The third-order valence-corrected chi connectivity index (χ3v) is 30.4. The van der Waals surface area contributed by atoms with Gasteiger partial charge in [0.05, 0.1) is 111 Å². The van der Waals surface area contributed by atoms with Crippen molar-refractivity contribution in [3.05, 3.63) is 251 Å². The number of carbonyl (C=O) groups is 8. The Morgan fingerprint density at radius 3 is 0.625 bits per heavy atom. The van der Waals surface area contributed by atoms with Gasteiger partial charge >= 0.3 is 0 Å². The molecule has 612 valence electrons. The fraction of sp³-hybridized carbons (Fsp3) is 0.158. The number of ketones is 8. The predicted octanol–water partition coefficient (Wildman–Crippen LogP) is 19.2. The third-order valence-electron chi connectivity index (χ3n) is 20.3. The first-order chi connectivity index (χ1) is 57.0. The maximum absolute atomic E-state index is 15.0. The number of thiophene rings is 8. The van der Waals surface area contributed by atoms with E-state index >= 15 is 17.6 Å². The van der Waals surface area contributed by atoms with Gasteiger partial charge in [0.2, 0.25) is 69.5 Å². The van der Waals surface area contributed by atoms with E-state index in [1.54, 1.807) is 12.1 Å². The molecule has 0 spiro atoms. The Balaban J connectivity index is 0.000000162. The molecule has 44 heteroatoms. The molecule has 0 atom stereocenters. The van der Waals surface area contributed by atoms with Crippen molar-refractivity contribution in [1.29, 1.82) is 0 Å². The first-order valence-electron chi connectivity index (χ1n) is 33.7. The van der Waals surface area contributed by atoms with Crippen LogP contribution in [0.1, 0.15) is 125 Å². The molecule has 16 nitrogen and oxygen atoms in total. The summed E-state index contributed by atoms with van der Waals surface area (Å²) in [5, 5.41) is 0. The van der Waals surface area contributed by atoms with Crippen LogP contribution in [0.15, 0.2) is 48.5 Å². The highest BCUT2D eigenvalue weighted by Crippen LogP contribution is 2.68. The van der Waals surface area contributed by atoms with Gasteiger partial charge < -0.3 is 37.9 Å². The molecule has 0 bridgehead atoms. The molecular weight excluding hydrogens is 1810 g/mol. The second-order valence-corrected chi connectivity index (χ2v) is 34.9. The fourth-order valence-corrected chi connectivity index (χ4v) is 25.0. The van der Waals surface area contributed by atoms with Gasteiger partial charge in [-0.05, 0) is 48.5 Å². The van der Waals surface area contributed by atoms with E-state index in [4.69, 9.17) is 37.9 Å². The molecule has 0 radical (unpaired) electrons. The lowest BCUT2D eigenvalue weighted by Gasteiger charge is -2.55. The molecule has 0 unspecified atom stereocenters. The Morgan fingerprint density at radius 1 is 0.217 bits per heavy atom. The molecule has 0 amide bonds. The number of fused-ring (bicyclic) bond motifs is 12. The van der Waals surface area contributed by atoms with Gasteiger partial charge in [-0.1, -0.05) is 0 Å². The molecule has 20 rings (SSSR count). The van der Waals surface area contributed by atoms with Gasteiger partial charge in [-0.3, -0.25) is 38.4 Å². The summed E-state index contributed by atoms with van der Waals surface area (Å²) in [5.74, 6) is -66.1.